The van der Waals surface area contributed by atoms with Gasteiger partial charge in [0.05, 0.1) is 12.6 Å². The number of hydrogen-bond donors (Lipinski definition) is 3. The van der Waals surface area contributed by atoms with Crippen molar-refractivity contribution in [2.45, 2.75) is 25.3 Å². The fourth-order valence-electron chi connectivity index (χ4n) is 2.99. The number of nitrogens with two attached hydrogens (primary N) is 2. The maximum atomic E-state index is 6.05. The van der Waals surface area contributed by atoms with Gasteiger partial charge >= 0.3 is 0 Å². The van der Waals surface area contributed by atoms with Crippen molar-refractivity contribution in [3.8, 4) is 5.75 Å². The summed E-state index contributed by atoms with van der Waals surface area (Å²) in [6, 6.07) is 10.0. The van der Waals surface area contributed by atoms with Crippen molar-refractivity contribution >= 4 is 5.82 Å². The smallest absolute Gasteiger partial charge is 0.128 e. The predicted molar refractivity (Wildman–Crippen MR) is 82.7 cm³/mol. The van der Waals surface area contributed by atoms with Crippen LogP contribution in [0.3, 0.4) is 0 Å². The van der Waals surface area contributed by atoms with Gasteiger partial charge < -0.3 is 10.5 Å². The summed E-state index contributed by atoms with van der Waals surface area (Å²) in [7, 11) is 0. The molecule has 0 aliphatic carbocycles. The van der Waals surface area contributed by atoms with Crippen molar-refractivity contribution in [3.63, 3.8) is 0 Å². The van der Waals surface area contributed by atoms with Gasteiger partial charge in [0, 0.05) is 17.7 Å². The molecule has 3 rings (SSSR count). The van der Waals surface area contributed by atoms with Crippen molar-refractivity contribution in [2.24, 2.45) is 5.84 Å². The number of hydrogen-bond acceptors (Lipinski definition) is 5. The molecule has 110 valence electrons. The topological polar surface area (TPSA) is 86.2 Å². The molecule has 0 radical (unpaired) electrons. The molecule has 2 unspecified atom stereocenters. The molecule has 0 spiro atoms. The number of para-hydroxylation sites is 1. The van der Waals surface area contributed by atoms with Gasteiger partial charge in [0.15, 0.2) is 0 Å². The molecule has 5 heteroatoms. The van der Waals surface area contributed by atoms with Gasteiger partial charge in [-0.05, 0) is 36.6 Å². The number of benzene rings is 1. The van der Waals surface area contributed by atoms with Crippen LogP contribution in [-0.2, 0) is 0 Å². The van der Waals surface area contributed by atoms with E-state index in [-0.39, 0.29) is 12.0 Å². The van der Waals surface area contributed by atoms with Crippen LogP contribution >= 0.6 is 0 Å². The molecule has 2 heterocycles. The normalized spacial score (nSPS) is 18.7. The summed E-state index contributed by atoms with van der Waals surface area (Å²) in [5.74, 6) is 7.50. The van der Waals surface area contributed by atoms with E-state index in [4.69, 9.17) is 16.3 Å². The third-order valence-electron chi connectivity index (χ3n) is 4.01. The Bertz CT molecular complexity index is 644. The number of nitrogen functional groups attached to an aromatic ring is 1. The van der Waals surface area contributed by atoms with Crippen LogP contribution in [0, 0.1) is 6.92 Å². The molecule has 0 saturated carbocycles. The van der Waals surface area contributed by atoms with E-state index in [9.17, 15) is 0 Å². The standard InChI is InChI=1S/C16H20N4O/c1-10-8-13(16(17)19-9-10)15(20-18)12-6-7-21-14-5-3-2-4-11(12)14/h2-5,8-9,12,15,20H,6-7,18H2,1H3,(H2,17,19). The molecule has 0 bridgehead atoms. The molecule has 0 saturated heterocycles. The fraction of sp³-hybridized carbons (Fsp3) is 0.312. The van der Waals surface area contributed by atoms with Crippen molar-refractivity contribution in [2.75, 3.05) is 12.3 Å². The average molecular weight is 284 g/mol. The van der Waals surface area contributed by atoms with Crippen LogP contribution in [0.25, 0.3) is 0 Å². The Morgan fingerprint density at radius 3 is 3.00 bits per heavy atom. The fourth-order valence-corrected chi connectivity index (χ4v) is 2.99. The van der Waals surface area contributed by atoms with E-state index in [0.29, 0.717) is 12.4 Å². The minimum Gasteiger partial charge on any atom is -0.493 e. The highest BCUT2D eigenvalue weighted by molar-refractivity contribution is 5.47. The minimum atomic E-state index is -0.0811. The number of fused-ring (bicyclic) bond motifs is 1. The zero-order valence-electron chi connectivity index (χ0n) is 12.0. The van der Waals surface area contributed by atoms with Crippen LogP contribution < -0.4 is 21.7 Å². The summed E-state index contributed by atoms with van der Waals surface area (Å²) >= 11 is 0. The van der Waals surface area contributed by atoms with Crippen molar-refractivity contribution in [3.05, 3.63) is 53.2 Å². The van der Waals surface area contributed by atoms with Crippen LogP contribution in [0.4, 0.5) is 5.82 Å². The van der Waals surface area contributed by atoms with E-state index in [1.165, 1.54) is 0 Å². The second-order valence-electron chi connectivity index (χ2n) is 5.41. The molecule has 5 nitrogen and oxygen atoms in total. The van der Waals surface area contributed by atoms with E-state index < -0.39 is 0 Å². The Labute approximate surface area is 124 Å². The molecular weight excluding hydrogens is 264 g/mol. The number of hydrazine groups is 1. The SMILES string of the molecule is Cc1cnc(N)c(C(NN)C2CCOc3ccccc32)c1. The Kier molecular flexibility index (Phi) is 3.77. The van der Waals surface area contributed by atoms with Gasteiger partial charge in [-0.1, -0.05) is 18.2 Å². The highest BCUT2D eigenvalue weighted by Gasteiger charge is 2.30. The molecule has 5 N–H and O–H groups in total. The zero-order chi connectivity index (χ0) is 14.8. The number of aryl methyl sites for hydroxylation is 1. The van der Waals surface area contributed by atoms with Crippen molar-refractivity contribution < 1.29 is 4.74 Å². The second kappa shape index (κ2) is 5.71. The van der Waals surface area contributed by atoms with Gasteiger partial charge in [0.1, 0.15) is 11.6 Å². The summed E-state index contributed by atoms with van der Waals surface area (Å²) in [6.45, 7) is 2.68. The van der Waals surface area contributed by atoms with Gasteiger partial charge in [-0.25, -0.2) is 4.98 Å². The third-order valence-corrected chi connectivity index (χ3v) is 4.01. The lowest BCUT2D eigenvalue weighted by Gasteiger charge is -2.32. The van der Waals surface area contributed by atoms with Crippen LogP contribution in [0.5, 0.6) is 5.75 Å². The summed E-state index contributed by atoms with van der Waals surface area (Å²) in [5.41, 5.74) is 12.1. The molecular formula is C16H20N4O. The Balaban J connectivity index is 2.03. The summed E-state index contributed by atoms with van der Waals surface area (Å²) in [5, 5.41) is 0. The highest BCUT2D eigenvalue weighted by Crippen LogP contribution is 2.41. The van der Waals surface area contributed by atoms with E-state index in [1.54, 1.807) is 6.20 Å². The van der Waals surface area contributed by atoms with E-state index >= 15 is 0 Å². The number of nitrogens with one attached hydrogen (secondary N) is 1. The first-order chi connectivity index (χ1) is 10.2. The number of anilines is 1. The largest absolute Gasteiger partial charge is 0.493 e. The number of pyridine rings is 1. The van der Waals surface area contributed by atoms with Crippen molar-refractivity contribution in [1.29, 1.82) is 0 Å². The summed E-state index contributed by atoms with van der Waals surface area (Å²) in [6.07, 6.45) is 2.66. The third kappa shape index (κ3) is 2.57. The van der Waals surface area contributed by atoms with E-state index in [1.807, 2.05) is 31.2 Å². The van der Waals surface area contributed by atoms with Crippen LogP contribution in [-0.4, -0.2) is 11.6 Å². The van der Waals surface area contributed by atoms with Gasteiger partial charge in [-0.15, -0.1) is 0 Å². The lowest BCUT2D eigenvalue weighted by molar-refractivity contribution is 0.246. The van der Waals surface area contributed by atoms with Crippen LogP contribution in [0.2, 0.25) is 0 Å². The molecule has 2 atom stereocenters. The van der Waals surface area contributed by atoms with E-state index in [0.717, 1.165) is 28.9 Å². The van der Waals surface area contributed by atoms with Gasteiger partial charge in [-0.2, -0.15) is 0 Å². The number of aromatic nitrogens is 1. The molecule has 21 heavy (non-hydrogen) atoms. The molecule has 1 aliphatic heterocycles. The van der Waals surface area contributed by atoms with Gasteiger partial charge in [0.25, 0.3) is 0 Å². The number of nitrogens with zero attached hydrogens (tertiary/aromatic N) is 1. The Hall–Kier alpha value is -2.11. The second-order valence-corrected chi connectivity index (χ2v) is 5.41. The minimum absolute atomic E-state index is 0.0811. The Morgan fingerprint density at radius 2 is 2.19 bits per heavy atom. The van der Waals surface area contributed by atoms with Crippen LogP contribution in [0.1, 0.15) is 35.1 Å². The molecule has 1 aromatic carbocycles. The predicted octanol–water partition coefficient (Wildman–Crippen LogP) is 2.04. The van der Waals surface area contributed by atoms with E-state index in [2.05, 4.69) is 16.5 Å². The first kappa shape index (κ1) is 13.9. The number of ether oxygens (including phenoxy) is 1. The van der Waals surface area contributed by atoms with Crippen LogP contribution in [0.15, 0.2) is 36.5 Å². The average Bonchev–Trinajstić information content (AvgIpc) is 2.51. The highest BCUT2D eigenvalue weighted by atomic mass is 16.5. The summed E-state index contributed by atoms with van der Waals surface area (Å²) < 4.78 is 5.72. The monoisotopic (exact) mass is 284 g/mol. The zero-order valence-corrected chi connectivity index (χ0v) is 12.0. The first-order valence-corrected chi connectivity index (χ1v) is 7.10. The molecule has 0 fully saturated rings. The lowest BCUT2D eigenvalue weighted by Crippen LogP contribution is -2.35. The van der Waals surface area contributed by atoms with Gasteiger partial charge in [-0.3, -0.25) is 11.3 Å². The molecule has 1 aromatic heterocycles. The maximum Gasteiger partial charge on any atom is 0.128 e. The molecule has 1 aliphatic rings. The molecule has 2 aromatic rings. The van der Waals surface area contributed by atoms with Gasteiger partial charge in [0.2, 0.25) is 0 Å². The Morgan fingerprint density at radius 1 is 1.38 bits per heavy atom. The number of rotatable bonds is 3. The quantitative estimate of drug-likeness (QED) is 0.593. The maximum absolute atomic E-state index is 6.05. The lowest BCUT2D eigenvalue weighted by atomic mass is 9.83. The summed E-state index contributed by atoms with van der Waals surface area (Å²) in [4.78, 5) is 4.25. The van der Waals surface area contributed by atoms with Crippen molar-refractivity contribution in [1.82, 2.24) is 10.4 Å². The first-order valence-electron chi connectivity index (χ1n) is 7.10. The molecule has 0 amide bonds.